The lowest BCUT2D eigenvalue weighted by atomic mass is 10.2. The largest absolute Gasteiger partial charge is 0.469 e. The number of carbonyl (C=O) groups is 3. The van der Waals surface area contributed by atoms with Gasteiger partial charge in [-0.3, -0.25) is 9.59 Å². The molecular weight excluding hydrogens is 338 g/mol. The number of fused-ring (bicyclic) bond motifs is 1. The third-order valence-electron chi connectivity index (χ3n) is 3.51. The highest BCUT2D eigenvalue weighted by Crippen LogP contribution is 2.14. The zero-order valence-corrected chi connectivity index (χ0v) is 13.9. The van der Waals surface area contributed by atoms with Gasteiger partial charge in [0.25, 0.3) is 0 Å². The summed E-state index contributed by atoms with van der Waals surface area (Å²) in [6.07, 6.45) is 0.124. The molecule has 0 fully saturated rings. The van der Waals surface area contributed by atoms with E-state index in [9.17, 15) is 24.0 Å². The highest BCUT2D eigenvalue weighted by molar-refractivity contribution is 6.09. The van der Waals surface area contributed by atoms with Gasteiger partial charge < -0.3 is 14.2 Å². The first-order chi connectivity index (χ1) is 11.8. The summed E-state index contributed by atoms with van der Waals surface area (Å²) in [7, 11) is 2.30. The summed E-state index contributed by atoms with van der Waals surface area (Å²) in [5.41, 5.74) is -1.81. The summed E-state index contributed by atoms with van der Waals surface area (Å²) in [5.74, 6) is -2.08. The molecule has 1 unspecified atom stereocenters. The summed E-state index contributed by atoms with van der Waals surface area (Å²) in [6, 6.07) is 0. The summed E-state index contributed by atoms with van der Waals surface area (Å²) < 4.78 is 16.7. The van der Waals surface area contributed by atoms with E-state index in [4.69, 9.17) is 4.74 Å². The molecule has 1 atom stereocenters. The van der Waals surface area contributed by atoms with Crippen LogP contribution in [0.5, 0.6) is 0 Å². The summed E-state index contributed by atoms with van der Waals surface area (Å²) in [5, 5.41) is 0. The lowest BCUT2D eigenvalue weighted by Gasteiger charge is -2.22. The van der Waals surface area contributed by atoms with Gasteiger partial charge in [-0.2, -0.15) is 4.68 Å². The van der Waals surface area contributed by atoms with Gasteiger partial charge >= 0.3 is 29.3 Å². The van der Waals surface area contributed by atoms with E-state index >= 15 is 0 Å². The standard InChI is InChI=1S/C14H17N3O8/c1-8(18)25-9-6-10(12(20)24-3)17-14(22)15(5-4-11(19)23-2)13(21)16(17)7-9/h6,9H,4-5,7H2,1-3H3. The van der Waals surface area contributed by atoms with Crippen LogP contribution >= 0.6 is 0 Å². The average Bonchev–Trinajstić information content (AvgIpc) is 2.81. The first-order valence-electron chi connectivity index (χ1n) is 7.27. The van der Waals surface area contributed by atoms with Gasteiger partial charge in [0.1, 0.15) is 6.10 Å². The van der Waals surface area contributed by atoms with Gasteiger partial charge in [-0.15, -0.1) is 0 Å². The second-order valence-electron chi connectivity index (χ2n) is 5.13. The zero-order chi connectivity index (χ0) is 18.7. The van der Waals surface area contributed by atoms with Crippen LogP contribution in [0.4, 0.5) is 0 Å². The summed E-state index contributed by atoms with van der Waals surface area (Å²) in [6.45, 7) is 0.807. The number of esters is 3. The zero-order valence-electron chi connectivity index (χ0n) is 13.9. The normalized spacial score (nSPS) is 15.8. The number of rotatable bonds is 5. The van der Waals surface area contributed by atoms with E-state index in [1.165, 1.54) is 20.1 Å². The molecule has 0 radical (unpaired) electrons. The van der Waals surface area contributed by atoms with Crippen LogP contribution in [0.1, 0.15) is 13.3 Å². The van der Waals surface area contributed by atoms with Crippen molar-refractivity contribution in [1.82, 2.24) is 13.9 Å². The lowest BCUT2D eigenvalue weighted by Crippen LogP contribution is -2.38. The molecule has 1 aromatic rings. The summed E-state index contributed by atoms with van der Waals surface area (Å²) >= 11 is 0. The Balaban J connectivity index is 2.51. The van der Waals surface area contributed by atoms with Crippen molar-refractivity contribution in [3.05, 3.63) is 27.0 Å². The van der Waals surface area contributed by atoms with E-state index in [0.29, 0.717) is 0 Å². The SMILES string of the molecule is COC(=O)CCn1c(=O)n2n(c1=O)C(C(=O)OC)=CC(OC(C)=O)C2. The van der Waals surface area contributed by atoms with Crippen LogP contribution in [-0.2, 0) is 41.7 Å². The third-order valence-corrected chi connectivity index (χ3v) is 3.51. The average molecular weight is 355 g/mol. The Hall–Kier alpha value is -3.11. The number of methoxy groups -OCH3 is 2. The number of hydrogen-bond acceptors (Lipinski definition) is 8. The van der Waals surface area contributed by atoms with Crippen molar-refractivity contribution in [2.45, 2.75) is 32.5 Å². The van der Waals surface area contributed by atoms with Gasteiger partial charge in [0, 0.05) is 13.5 Å². The molecule has 0 bridgehead atoms. The quantitative estimate of drug-likeness (QED) is 0.453. The van der Waals surface area contributed by atoms with Crippen LogP contribution < -0.4 is 11.4 Å². The van der Waals surface area contributed by atoms with Crippen LogP contribution in [0.25, 0.3) is 5.70 Å². The van der Waals surface area contributed by atoms with Gasteiger partial charge in [-0.05, 0) is 6.08 Å². The van der Waals surface area contributed by atoms with E-state index in [2.05, 4.69) is 9.47 Å². The van der Waals surface area contributed by atoms with Crippen LogP contribution in [0.2, 0.25) is 0 Å². The van der Waals surface area contributed by atoms with Crippen LogP contribution in [0.3, 0.4) is 0 Å². The molecule has 1 aromatic heterocycles. The van der Waals surface area contributed by atoms with Gasteiger partial charge in [0.05, 0.1) is 27.2 Å². The maximum Gasteiger partial charge on any atom is 0.356 e. The van der Waals surface area contributed by atoms with Crippen molar-refractivity contribution in [3.63, 3.8) is 0 Å². The van der Waals surface area contributed by atoms with Crippen molar-refractivity contribution in [3.8, 4) is 0 Å². The maximum atomic E-state index is 12.5. The number of ether oxygens (including phenoxy) is 3. The molecule has 0 amide bonds. The van der Waals surface area contributed by atoms with Crippen LogP contribution in [0, 0.1) is 0 Å². The smallest absolute Gasteiger partial charge is 0.356 e. The molecule has 25 heavy (non-hydrogen) atoms. The summed E-state index contributed by atoms with van der Waals surface area (Å²) in [4.78, 5) is 59.3. The first-order valence-corrected chi connectivity index (χ1v) is 7.27. The van der Waals surface area contributed by atoms with Crippen LogP contribution in [0.15, 0.2) is 15.7 Å². The molecule has 2 heterocycles. The lowest BCUT2D eigenvalue weighted by molar-refractivity contribution is -0.145. The Morgan fingerprint density at radius 1 is 1.16 bits per heavy atom. The molecule has 0 saturated heterocycles. The molecule has 1 aliphatic rings. The number of aromatic nitrogens is 3. The van der Waals surface area contributed by atoms with Gasteiger partial charge in [-0.25, -0.2) is 23.6 Å². The molecular formula is C14H17N3O8. The Morgan fingerprint density at radius 2 is 1.84 bits per heavy atom. The maximum absolute atomic E-state index is 12.5. The molecule has 0 spiro atoms. The molecule has 1 aliphatic heterocycles. The van der Waals surface area contributed by atoms with Gasteiger partial charge in [0.2, 0.25) is 0 Å². The molecule has 0 aromatic carbocycles. The van der Waals surface area contributed by atoms with E-state index in [1.54, 1.807) is 0 Å². The fourth-order valence-electron chi connectivity index (χ4n) is 2.43. The fraction of sp³-hybridized carbons (Fsp3) is 0.500. The minimum Gasteiger partial charge on any atom is -0.469 e. The van der Waals surface area contributed by atoms with E-state index < -0.39 is 35.4 Å². The predicted molar refractivity (Wildman–Crippen MR) is 81.4 cm³/mol. The number of hydrogen-bond donors (Lipinski definition) is 0. The Morgan fingerprint density at radius 3 is 2.40 bits per heavy atom. The van der Waals surface area contributed by atoms with Crippen molar-refractivity contribution >= 4 is 23.6 Å². The molecule has 0 saturated carbocycles. The molecule has 0 aliphatic carbocycles. The van der Waals surface area contributed by atoms with E-state index in [-0.39, 0.29) is 25.2 Å². The van der Waals surface area contributed by atoms with Gasteiger partial charge in [0.15, 0.2) is 5.70 Å². The van der Waals surface area contributed by atoms with E-state index in [1.807, 2.05) is 0 Å². The molecule has 136 valence electrons. The topological polar surface area (TPSA) is 128 Å². The monoisotopic (exact) mass is 355 g/mol. The van der Waals surface area contributed by atoms with Crippen molar-refractivity contribution < 1.29 is 28.6 Å². The van der Waals surface area contributed by atoms with E-state index in [0.717, 1.165) is 21.0 Å². The molecule has 0 N–H and O–H groups in total. The number of carbonyl (C=O) groups excluding carboxylic acids is 3. The minimum absolute atomic E-state index is 0.153. The number of nitrogens with zero attached hydrogens (tertiary/aromatic N) is 3. The Labute approximate surface area is 141 Å². The Kier molecular flexibility index (Phi) is 5.25. The highest BCUT2D eigenvalue weighted by atomic mass is 16.5. The van der Waals surface area contributed by atoms with Gasteiger partial charge in [-0.1, -0.05) is 0 Å². The predicted octanol–water partition coefficient (Wildman–Crippen LogP) is -1.67. The van der Waals surface area contributed by atoms with Crippen molar-refractivity contribution in [2.75, 3.05) is 14.2 Å². The molecule has 2 rings (SSSR count). The second kappa shape index (κ2) is 7.20. The van der Waals surface area contributed by atoms with Crippen LogP contribution in [-0.4, -0.2) is 52.2 Å². The molecule has 11 heteroatoms. The molecule has 11 nitrogen and oxygen atoms in total. The highest BCUT2D eigenvalue weighted by Gasteiger charge is 2.31. The third kappa shape index (κ3) is 3.54. The fourth-order valence-corrected chi connectivity index (χ4v) is 2.43. The Bertz CT molecular complexity index is 856. The van der Waals surface area contributed by atoms with Crippen molar-refractivity contribution in [1.29, 1.82) is 0 Å². The first kappa shape index (κ1) is 18.2. The minimum atomic E-state index is -0.917. The second-order valence-corrected chi connectivity index (χ2v) is 5.13. The van der Waals surface area contributed by atoms with Crippen molar-refractivity contribution in [2.24, 2.45) is 0 Å².